The Balaban J connectivity index is 2.11. The maximum absolute atomic E-state index is 11.9. The molecule has 0 aliphatic carbocycles. The molecule has 1 aromatic heterocycles. The molecule has 2 rings (SSSR count). The highest BCUT2D eigenvalue weighted by Gasteiger charge is 2.29. The number of furan rings is 1. The standard InChI is InChI=1S/C10H12BrNO2/c11-7-8-3-1-5-12(8)10(13)9-4-2-6-14-9/h2,4,6,8H,1,3,5,7H2/t8-/m1/s1. The zero-order chi connectivity index (χ0) is 9.97. The average molecular weight is 258 g/mol. The number of halogens is 1. The Morgan fingerprint density at radius 1 is 1.71 bits per heavy atom. The zero-order valence-corrected chi connectivity index (χ0v) is 9.37. The van der Waals surface area contributed by atoms with Crippen molar-refractivity contribution in [1.82, 2.24) is 4.90 Å². The van der Waals surface area contributed by atoms with Gasteiger partial charge in [0.2, 0.25) is 0 Å². The van der Waals surface area contributed by atoms with E-state index in [0.717, 1.165) is 24.7 Å². The fourth-order valence-corrected chi connectivity index (χ4v) is 2.48. The Labute approximate surface area is 91.2 Å². The van der Waals surface area contributed by atoms with Gasteiger partial charge in [-0.1, -0.05) is 15.9 Å². The van der Waals surface area contributed by atoms with E-state index < -0.39 is 0 Å². The fourth-order valence-electron chi connectivity index (χ4n) is 1.81. The molecule has 0 spiro atoms. The van der Waals surface area contributed by atoms with Crippen LogP contribution < -0.4 is 0 Å². The summed E-state index contributed by atoms with van der Waals surface area (Å²) in [6.45, 7) is 0.843. The van der Waals surface area contributed by atoms with E-state index in [9.17, 15) is 4.79 Å². The number of carbonyl (C=O) groups is 1. The first-order valence-electron chi connectivity index (χ1n) is 4.73. The lowest BCUT2D eigenvalue weighted by molar-refractivity contribution is 0.0718. The van der Waals surface area contributed by atoms with Crippen molar-refractivity contribution in [2.45, 2.75) is 18.9 Å². The van der Waals surface area contributed by atoms with Gasteiger partial charge < -0.3 is 9.32 Å². The summed E-state index contributed by atoms with van der Waals surface area (Å²) in [5.41, 5.74) is 0. The van der Waals surface area contributed by atoms with E-state index in [0.29, 0.717) is 11.8 Å². The maximum atomic E-state index is 11.9. The Morgan fingerprint density at radius 2 is 2.57 bits per heavy atom. The van der Waals surface area contributed by atoms with Gasteiger partial charge in [0, 0.05) is 17.9 Å². The number of alkyl halides is 1. The lowest BCUT2D eigenvalue weighted by Crippen LogP contribution is -2.36. The summed E-state index contributed by atoms with van der Waals surface area (Å²) in [6, 6.07) is 3.78. The lowest BCUT2D eigenvalue weighted by Gasteiger charge is -2.21. The molecule has 4 heteroatoms. The molecule has 14 heavy (non-hydrogen) atoms. The van der Waals surface area contributed by atoms with Gasteiger partial charge in [0.15, 0.2) is 5.76 Å². The molecule has 1 aliphatic heterocycles. The van der Waals surface area contributed by atoms with Crippen LogP contribution in [0.3, 0.4) is 0 Å². The number of carbonyl (C=O) groups excluding carboxylic acids is 1. The van der Waals surface area contributed by atoms with E-state index >= 15 is 0 Å². The quantitative estimate of drug-likeness (QED) is 0.762. The van der Waals surface area contributed by atoms with Crippen LogP contribution in [-0.4, -0.2) is 28.7 Å². The minimum Gasteiger partial charge on any atom is -0.459 e. The highest BCUT2D eigenvalue weighted by Crippen LogP contribution is 2.21. The van der Waals surface area contributed by atoms with Crippen LogP contribution in [0.2, 0.25) is 0 Å². The number of amides is 1. The van der Waals surface area contributed by atoms with E-state index in [1.54, 1.807) is 12.1 Å². The first-order chi connectivity index (χ1) is 6.83. The molecular weight excluding hydrogens is 246 g/mol. The molecule has 0 saturated carbocycles. The maximum Gasteiger partial charge on any atom is 0.289 e. The first-order valence-corrected chi connectivity index (χ1v) is 5.85. The number of nitrogens with zero attached hydrogens (tertiary/aromatic N) is 1. The predicted molar refractivity (Wildman–Crippen MR) is 56.6 cm³/mol. The van der Waals surface area contributed by atoms with Crippen LogP contribution in [-0.2, 0) is 0 Å². The van der Waals surface area contributed by atoms with Crippen molar-refractivity contribution in [2.75, 3.05) is 11.9 Å². The van der Waals surface area contributed by atoms with E-state index in [4.69, 9.17) is 4.42 Å². The summed E-state index contributed by atoms with van der Waals surface area (Å²) >= 11 is 3.42. The molecule has 0 radical (unpaired) electrons. The average Bonchev–Trinajstić information content (AvgIpc) is 2.87. The van der Waals surface area contributed by atoms with Gasteiger partial charge in [-0.2, -0.15) is 0 Å². The van der Waals surface area contributed by atoms with E-state index in [2.05, 4.69) is 15.9 Å². The molecule has 1 aliphatic rings. The lowest BCUT2D eigenvalue weighted by atomic mass is 10.2. The second kappa shape index (κ2) is 4.17. The van der Waals surface area contributed by atoms with Crippen LogP contribution in [0.15, 0.2) is 22.8 Å². The Morgan fingerprint density at radius 3 is 3.21 bits per heavy atom. The third kappa shape index (κ3) is 1.71. The van der Waals surface area contributed by atoms with E-state index in [-0.39, 0.29) is 5.91 Å². The minimum absolute atomic E-state index is 0.0111. The predicted octanol–water partition coefficient (Wildman–Crippen LogP) is 2.28. The summed E-state index contributed by atoms with van der Waals surface area (Å²) in [4.78, 5) is 13.8. The summed E-state index contributed by atoms with van der Waals surface area (Å²) in [5, 5.41) is 0.847. The van der Waals surface area contributed by atoms with Crippen LogP contribution in [0.1, 0.15) is 23.4 Å². The normalized spacial score (nSPS) is 21.5. The van der Waals surface area contributed by atoms with Crippen molar-refractivity contribution in [3.05, 3.63) is 24.2 Å². The van der Waals surface area contributed by atoms with Crippen LogP contribution in [0, 0.1) is 0 Å². The Hall–Kier alpha value is -0.770. The van der Waals surface area contributed by atoms with Crippen molar-refractivity contribution in [1.29, 1.82) is 0 Å². The first kappa shape index (κ1) is 9.77. The van der Waals surface area contributed by atoms with E-state index in [1.807, 2.05) is 4.90 Å². The minimum atomic E-state index is 0.0111. The fraction of sp³-hybridized carbons (Fsp3) is 0.500. The second-order valence-corrected chi connectivity index (χ2v) is 4.07. The molecule has 1 atom stereocenters. The monoisotopic (exact) mass is 257 g/mol. The van der Waals surface area contributed by atoms with Gasteiger partial charge in [0.05, 0.1) is 6.26 Å². The van der Waals surface area contributed by atoms with Gasteiger partial charge in [-0.25, -0.2) is 0 Å². The number of rotatable bonds is 2. The third-order valence-corrected chi connectivity index (χ3v) is 3.30. The van der Waals surface area contributed by atoms with Crippen LogP contribution in [0.25, 0.3) is 0 Å². The summed E-state index contributed by atoms with van der Waals surface area (Å²) in [6.07, 6.45) is 3.70. The molecule has 3 nitrogen and oxygen atoms in total. The molecule has 0 unspecified atom stereocenters. The van der Waals surface area contributed by atoms with Gasteiger partial charge >= 0.3 is 0 Å². The van der Waals surface area contributed by atoms with Crippen LogP contribution in [0.5, 0.6) is 0 Å². The van der Waals surface area contributed by atoms with Gasteiger partial charge in [-0.3, -0.25) is 4.79 Å². The largest absolute Gasteiger partial charge is 0.459 e. The van der Waals surface area contributed by atoms with Gasteiger partial charge in [0.1, 0.15) is 0 Å². The second-order valence-electron chi connectivity index (χ2n) is 3.43. The topological polar surface area (TPSA) is 33.5 Å². The van der Waals surface area contributed by atoms with Gasteiger partial charge in [-0.05, 0) is 25.0 Å². The number of hydrogen-bond acceptors (Lipinski definition) is 2. The molecule has 0 aromatic carbocycles. The third-order valence-electron chi connectivity index (χ3n) is 2.55. The molecule has 1 saturated heterocycles. The highest BCUT2D eigenvalue weighted by atomic mass is 79.9. The van der Waals surface area contributed by atoms with Crippen molar-refractivity contribution in [2.24, 2.45) is 0 Å². The summed E-state index contributed by atoms with van der Waals surface area (Å²) in [7, 11) is 0. The summed E-state index contributed by atoms with van der Waals surface area (Å²) in [5.74, 6) is 0.454. The number of hydrogen-bond donors (Lipinski definition) is 0. The molecule has 0 N–H and O–H groups in total. The van der Waals surface area contributed by atoms with Crippen molar-refractivity contribution >= 4 is 21.8 Å². The van der Waals surface area contributed by atoms with Crippen molar-refractivity contribution < 1.29 is 9.21 Å². The van der Waals surface area contributed by atoms with E-state index in [1.165, 1.54) is 6.26 Å². The molecule has 2 heterocycles. The molecule has 1 aromatic rings. The zero-order valence-electron chi connectivity index (χ0n) is 7.78. The smallest absolute Gasteiger partial charge is 0.289 e. The van der Waals surface area contributed by atoms with Gasteiger partial charge in [-0.15, -0.1) is 0 Å². The summed E-state index contributed by atoms with van der Waals surface area (Å²) < 4.78 is 5.09. The Kier molecular flexibility index (Phi) is 2.91. The van der Waals surface area contributed by atoms with Crippen molar-refractivity contribution in [3.8, 4) is 0 Å². The molecule has 76 valence electrons. The Bertz CT molecular complexity index is 310. The number of likely N-dealkylation sites (tertiary alicyclic amines) is 1. The molecular formula is C10H12BrNO2. The van der Waals surface area contributed by atoms with Crippen LogP contribution in [0.4, 0.5) is 0 Å². The highest BCUT2D eigenvalue weighted by molar-refractivity contribution is 9.09. The van der Waals surface area contributed by atoms with Crippen LogP contribution >= 0.6 is 15.9 Å². The molecule has 1 amide bonds. The molecule has 1 fully saturated rings. The van der Waals surface area contributed by atoms with Crippen molar-refractivity contribution in [3.63, 3.8) is 0 Å². The SMILES string of the molecule is O=C(c1ccco1)N1CCC[C@@H]1CBr. The van der Waals surface area contributed by atoms with Gasteiger partial charge in [0.25, 0.3) is 5.91 Å². The molecule has 0 bridgehead atoms.